The number of unbranched alkanes of at least 4 members (excludes halogenated alkanes) is 25. The Bertz CT molecular complexity index is 6680. The molecular weight excluding hydrogens is 1780 g/mol. The first kappa shape index (κ1) is 103. The summed E-state index contributed by atoms with van der Waals surface area (Å²) in [6, 6.07) is 129. The van der Waals surface area contributed by atoms with Crippen LogP contribution in [0.3, 0.4) is 0 Å². The van der Waals surface area contributed by atoms with E-state index in [9.17, 15) is 0 Å². The van der Waals surface area contributed by atoms with E-state index in [2.05, 4.69) is 395 Å². The molecule has 17 rings (SSSR count). The van der Waals surface area contributed by atoms with Gasteiger partial charge in [0.15, 0.2) is 0 Å². The molecule has 0 unspecified atom stereocenters. The number of fused-ring (bicyclic) bond motifs is 3. The van der Waals surface area contributed by atoms with Gasteiger partial charge in [0.1, 0.15) is 28.7 Å². The highest BCUT2D eigenvalue weighted by Gasteiger charge is 2.21. The molecule has 0 saturated heterocycles. The Morgan fingerprint density at radius 1 is 0.138 bits per heavy atom. The fourth-order valence-electron chi connectivity index (χ4n) is 20.2. The molecule has 1 aromatic heterocycles. The standard InChI is InChI=1S/C139H150O5S/c1-9-14-19-24-29-34-75-140-131-63-51-106(52-64-131)116-80-113(103-45-39-100(6)40-46-103)84-123(87-116)127-92-121(93-128(96-127)124-85-114(104-47-41-101(7)42-48-104)81-117(88-124)107-53-65-132(66-54-107)141-76-35-30-25-20-15-10-2)111-61-73-138-136(98-111)137-99-112(62-74-139(137)145-138)122-94-129(125-86-115(105-49-43-102(8)44-50-105)82-118(89-125)108-55-67-133(68-56-108)142-77-36-31-26-21-16-11-3)97-130(95-122)126-90-119(109-57-69-134(70-58-109)143-78-37-32-27-22-17-12-4)83-120(91-126)110-59-71-135(72-60-110)144-79-38-33-28-23-18-13-5/h39-74,80-99H,9-38,75-79H2,1-8H3. The molecule has 0 aliphatic carbocycles. The monoisotopic (exact) mass is 1930 g/mol. The van der Waals surface area contributed by atoms with Crippen molar-refractivity contribution in [3.63, 3.8) is 0 Å². The predicted octanol–water partition coefficient (Wildman–Crippen LogP) is 42.0. The first-order valence-corrected chi connectivity index (χ1v) is 55.9. The van der Waals surface area contributed by atoms with Crippen molar-refractivity contribution in [2.24, 2.45) is 0 Å². The van der Waals surface area contributed by atoms with Crippen LogP contribution in [0.2, 0.25) is 0 Å². The van der Waals surface area contributed by atoms with Crippen LogP contribution in [0.4, 0.5) is 0 Å². The molecule has 0 aliphatic rings. The second kappa shape index (κ2) is 53.0. The van der Waals surface area contributed by atoms with E-state index in [0.29, 0.717) is 13.2 Å². The third kappa shape index (κ3) is 28.9. The van der Waals surface area contributed by atoms with Crippen LogP contribution in [-0.4, -0.2) is 33.0 Å². The molecule has 5 nitrogen and oxygen atoms in total. The third-order valence-electron chi connectivity index (χ3n) is 29.0. The first-order chi connectivity index (χ1) is 71.3. The molecule has 0 saturated carbocycles. The Balaban J connectivity index is 0.809. The zero-order valence-corrected chi connectivity index (χ0v) is 88.3. The van der Waals surface area contributed by atoms with Crippen molar-refractivity contribution in [3.8, 4) is 185 Å². The van der Waals surface area contributed by atoms with Gasteiger partial charge in [-0.3, -0.25) is 0 Å². The first-order valence-electron chi connectivity index (χ1n) is 55.1. The lowest BCUT2D eigenvalue weighted by Crippen LogP contribution is -1.97. The molecule has 0 amide bonds. The molecule has 0 aliphatic heterocycles. The number of thiophene rings is 1. The summed E-state index contributed by atoms with van der Waals surface area (Å²) in [7, 11) is 0. The maximum absolute atomic E-state index is 6.47. The van der Waals surface area contributed by atoms with E-state index in [0.717, 1.165) is 220 Å². The van der Waals surface area contributed by atoms with E-state index >= 15 is 0 Å². The van der Waals surface area contributed by atoms with Crippen molar-refractivity contribution in [1.29, 1.82) is 0 Å². The van der Waals surface area contributed by atoms with Crippen LogP contribution in [0.1, 0.15) is 244 Å². The van der Waals surface area contributed by atoms with Gasteiger partial charge in [-0.2, -0.15) is 0 Å². The Morgan fingerprint density at radius 3 is 0.448 bits per heavy atom. The van der Waals surface area contributed by atoms with Gasteiger partial charge in [0.2, 0.25) is 0 Å². The minimum atomic E-state index is 0.713. The van der Waals surface area contributed by atoms with Crippen LogP contribution in [0.15, 0.2) is 340 Å². The molecule has 6 heteroatoms. The van der Waals surface area contributed by atoms with Crippen molar-refractivity contribution in [2.45, 2.75) is 248 Å². The maximum Gasteiger partial charge on any atom is 0.119 e. The molecule has 742 valence electrons. The number of benzene rings is 16. The maximum atomic E-state index is 6.47. The van der Waals surface area contributed by atoms with Crippen LogP contribution in [0, 0.1) is 20.8 Å². The molecule has 0 bridgehead atoms. The lowest BCUT2D eigenvalue weighted by atomic mass is 9.88. The van der Waals surface area contributed by atoms with Crippen molar-refractivity contribution < 1.29 is 23.7 Å². The van der Waals surface area contributed by atoms with E-state index < -0.39 is 0 Å². The number of ether oxygens (including phenoxy) is 5. The van der Waals surface area contributed by atoms with Gasteiger partial charge in [0.25, 0.3) is 0 Å². The smallest absolute Gasteiger partial charge is 0.119 e. The van der Waals surface area contributed by atoms with Crippen molar-refractivity contribution in [1.82, 2.24) is 0 Å². The number of rotatable bonds is 54. The van der Waals surface area contributed by atoms with Crippen molar-refractivity contribution in [3.05, 3.63) is 356 Å². The number of hydrogen-bond acceptors (Lipinski definition) is 6. The lowest BCUT2D eigenvalue weighted by Gasteiger charge is -2.17. The SMILES string of the molecule is CCCCCCCCOc1ccc(-c2cc(-c3ccc(C)cc3)cc(-c3cc(-c4cc(-c5ccc(C)cc5)cc(-c5ccc(OCCCCCCCC)cc5)c4)cc(-c4ccc5sc6ccc(-c7cc(-c8cc(-c9ccc(C)cc9)cc(-c9ccc(OCCCCCCCC)cc9)c8)cc(-c8cc(-c9ccc(OCCCCCCCC)cc9)cc(-c9ccc(OCCCCCCCC)cc9)c8)c7)cc6c5c4)c3)c2)cc1. The van der Waals surface area contributed by atoms with Crippen LogP contribution in [0.5, 0.6) is 28.7 Å². The zero-order valence-electron chi connectivity index (χ0n) is 87.5. The highest BCUT2D eigenvalue weighted by Crippen LogP contribution is 2.47. The van der Waals surface area contributed by atoms with E-state index in [-0.39, 0.29) is 0 Å². The lowest BCUT2D eigenvalue weighted by molar-refractivity contribution is 0.304. The van der Waals surface area contributed by atoms with Gasteiger partial charge in [0, 0.05) is 20.2 Å². The summed E-state index contributed by atoms with van der Waals surface area (Å²) in [4.78, 5) is 0. The average Bonchev–Trinajstić information content (AvgIpc) is 1.60. The quantitative estimate of drug-likeness (QED) is 0.0356. The van der Waals surface area contributed by atoms with Crippen LogP contribution >= 0.6 is 11.3 Å². The molecule has 0 fully saturated rings. The number of aryl methyl sites for hydroxylation is 3. The van der Waals surface area contributed by atoms with Gasteiger partial charge >= 0.3 is 0 Å². The van der Waals surface area contributed by atoms with Gasteiger partial charge in [-0.15, -0.1) is 11.3 Å². The van der Waals surface area contributed by atoms with Gasteiger partial charge < -0.3 is 23.7 Å². The summed E-state index contributed by atoms with van der Waals surface area (Å²) in [5.41, 5.74) is 35.6. The molecule has 1 heterocycles. The third-order valence-corrected chi connectivity index (χ3v) is 30.1. The van der Waals surface area contributed by atoms with Crippen molar-refractivity contribution in [2.75, 3.05) is 33.0 Å². The molecule has 0 spiro atoms. The second-order valence-electron chi connectivity index (χ2n) is 40.6. The molecule has 16 aromatic carbocycles. The van der Waals surface area contributed by atoms with Crippen molar-refractivity contribution >= 4 is 31.5 Å². The molecular formula is C139H150O5S. The summed E-state index contributed by atoms with van der Waals surface area (Å²) in [5.74, 6) is 4.52. The van der Waals surface area contributed by atoms with Crippen LogP contribution < -0.4 is 23.7 Å². The predicted molar refractivity (Wildman–Crippen MR) is 624 cm³/mol. The fraction of sp³-hybridized carbons (Fsp3) is 0.309. The molecule has 0 radical (unpaired) electrons. The Kier molecular flexibility index (Phi) is 37.7. The highest BCUT2D eigenvalue weighted by atomic mass is 32.1. The zero-order chi connectivity index (χ0) is 99.7. The molecule has 0 N–H and O–H groups in total. The molecule has 145 heavy (non-hydrogen) atoms. The molecule has 17 aromatic rings. The van der Waals surface area contributed by atoms with E-state index in [1.54, 1.807) is 0 Å². The van der Waals surface area contributed by atoms with Gasteiger partial charge in [0.05, 0.1) is 33.0 Å². The Morgan fingerprint density at radius 2 is 0.276 bits per heavy atom. The molecule has 0 atom stereocenters. The van der Waals surface area contributed by atoms with E-state index in [1.165, 1.54) is 214 Å². The summed E-state index contributed by atoms with van der Waals surface area (Å²) < 4.78 is 34.7. The van der Waals surface area contributed by atoms with Gasteiger partial charge in [-0.05, 0) is 403 Å². The van der Waals surface area contributed by atoms with Gasteiger partial charge in [-0.1, -0.05) is 357 Å². The minimum absolute atomic E-state index is 0.713. The summed E-state index contributed by atoms with van der Waals surface area (Å²) in [5, 5.41) is 2.44. The normalized spacial score (nSPS) is 11.4. The summed E-state index contributed by atoms with van der Waals surface area (Å²) in [6.45, 7) is 21.5. The second-order valence-corrected chi connectivity index (χ2v) is 41.7. The van der Waals surface area contributed by atoms with E-state index in [4.69, 9.17) is 23.7 Å². The van der Waals surface area contributed by atoms with Crippen LogP contribution in [-0.2, 0) is 0 Å². The largest absolute Gasteiger partial charge is 0.494 e. The minimum Gasteiger partial charge on any atom is -0.494 e. The Labute approximate surface area is 870 Å². The summed E-state index contributed by atoms with van der Waals surface area (Å²) >= 11 is 1.87. The summed E-state index contributed by atoms with van der Waals surface area (Å²) in [6.07, 6.45) is 36.7. The average molecular weight is 1930 g/mol. The van der Waals surface area contributed by atoms with E-state index in [1.807, 2.05) is 11.3 Å². The number of hydrogen-bond donors (Lipinski definition) is 0. The van der Waals surface area contributed by atoms with Gasteiger partial charge in [-0.25, -0.2) is 0 Å². The highest BCUT2D eigenvalue weighted by molar-refractivity contribution is 7.25. The fourth-order valence-corrected chi connectivity index (χ4v) is 21.3. The Hall–Kier alpha value is -13.3. The topological polar surface area (TPSA) is 46.2 Å². The van der Waals surface area contributed by atoms with Crippen LogP contribution in [0.25, 0.3) is 176 Å².